The molecule has 0 bridgehead atoms. The van der Waals surface area contributed by atoms with Gasteiger partial charge in [-0.15, -0.1) is 0 Å². The molecule has 27 heavy (non-hydrogen) atoms. The van der Waals surface area contributed by atoms with Gasteiger partial charge in [-0.2, -0.15) is 0 Å². The smallest absolute Gasteiger partial charge is 0.262 e. The van der Waals surface area contributed by atoms with Gasteiger partial charge in [0.25, 0.3) is 11.8 Å². The third kappa shape index (κ3) is 2.85. The van der Waals surface area contributed by atoms with Gasteiger partial charge in [0.05, 0.1) is 11.1 Å². The summed E-state index contributed by atoms with van der Waals surface area (Å²) in [4.78, 5) is 52.7. The summed E-state index contributed by atoms with van der Waals surface area (Å²) in [7, 11) is 0. The van der Waals surface area contributed by atoms with E-state index in [1.54, 1.807) is 12.1 Å². The number of nitrogens with one attached hydrogen (secondary N) is 1. The minimum absolute atomic E-state index is 0.0964. The van der Waals surface area contributed by atoms with Gasteiger partial charge in [0.1, 0.15) is 6.04 Å². The molecule has 8 heteroatoms. The number of carbonyl (C=O) groups excluding carboxylic acids is 4. The Labute approximate surface area is 156 Å². The molecule has 0 aliphatic carbocycles. The zero-order valence-corrected chi connectivity index (χ0v) is 15.1. The molecule has 0 aromatic heterocycles. The zero-order chi connectivity index (χ0) is 19.3. The second-order valence-corrected chi connectivity index (χ2v) is 7.45. The van der Waals surface area contributed by atoms with E-state index in [0.29, 0.717) is 17.7 Å². The number of nitrogens with zero attached hydrogens (tertiary/aromatic N) is 2. The van der Waals surface area contributed by atoms with Crippen LogP contribution in [0.15, 0.2) is 18.2 Å². The average Bonchev–Trinajstić information content (AvgIpc) is 3.08. The molecule has 142 valence electrons. The van der Waals surface area contributed by atoms with E-state index in [9.17, 15) is 19.2 Å². The van der Waals surface area contributed by atoms with Crippen molar-refractivity contribution in [1.29, 1.82) is 0 Å². The first-order chi connectivity index (χ1) is 12.9. The Kier molecular flexibility index (Phi) is 4.32. The average molecular weight is 370 g/mol. The summed E-state index contributed by atoms with van der Waals surface area (Å²) in [6.07, 6.45) is 1.16. The molecule has 4 rings (SSSR count). The summed E-state index contributed by atoms with van der Waals surface area (Å²) >= 11 is 0. The summed E-state index contributed by atoms with van der Waals surface area (Å²) in [5.74, 6) is -1.91. The molecular formula is C19H22N4O4. The topological polar surface area (TPSA) is 113 Å². The molecule has 3 aliphatic rings. The van der Waals surface area contributed by atoms with Gasteiger partial charge < -0.3 is 5.73 Å². The highest BCUT2D eigenvalue weighted by Crippen LogP contribution is 2.31. The Morgan fingerprint density at radius 1 is 1.15 bits per heavy atom. The lowest BCUT2D eigenvalue weighted by molar-refractivity contribution is -0.136. The summed E-state index contributed by atoms with van der Waals surface area (Å²) in [5, 5.41) is 2.21. The number of imide groups is 2. The molecule has 2 fully saturated rings. The number of benzene rings is 1. The van der Waals surface area contributed by atoms with Crippen LogP contribution in [0.4, 0.5) is 0 Å². The van der Waals surface area contributed by atoms with Gasteiger partial charge in [-0.25, -0.2) is 0 Å². The number of hydrogen-bond donors (Lipinski definition) is 2. The molecular weight excluding hydrogens is 348 g/mol. The minimum atomic E-state index is -0.943. The molecule has 0 saturated carbocycles. The third-order valence-corrected chi connectivity index (χ3v) is 5.87. The van der Waals surface area contributed by atoms with Crippen molar-refractivity contribution in [3.8, 4) is 0 Å². The summed E-state index contributed by atoms with van der Waals surface area (Å²) in [6.45, 7) is 3.43. The van der Waals surface area contributed by atoms with Crippen LogP contribution < -0.4 is 11.1 Å². The standard InChI is InChI=1S/C19H22N4O4/c1-10-13(20)7-8-22(10)9-11-3-2-4-12-16(11)19(27)23(18(12)26)14-5-6-15(24)21-17(14)25/h2-4,10,13-14H,5-9,20H2,1H3,(H,21,24,25). The minimum Gasteiger partial charge on any atom is -0.326 e. The number of carbonyl (C=O) groups is 4. The van der Waals surface area contributed by atoms with Crippen molar-refractivity contribution in [2.75, 3.05) is 6.54 Å². The highest BCUT2D eigenvalue weighted by Gasteiger charge is 2.45. The number of amides is 4. The van der Waals surface area contributed by atoms with Crippen LogP contribution in [-0.4, -0.2) is 58.1 Å². The van der Waals surface area contributed by atoms with E-state index >= 15 is 0 Å². The highest BCUT2D eigenvalue weighted by atomic mass is 16.2. The number of likely N-dealkylation sites (tertiary alicyclic amines) is 1. The summed E-state index contributed by atoms with van der Waals surface area (Å²) in [5.41, 5.74) is 7.53. The zero-order valence-electron chi connectivity index (χ0n) is 15.1. The van der Waals surface area contributed by atoms with Gasteiger partial charge in [-0.05, 0) is 31.4 Å². The first kappa shape index (κ1) is 17.8. The predicted octanol–water partition coefficient (Wildman–Crippen LogP) is 0.00930. The lowest BCUT2D eigenvalue weighted by atomic mass is 10.0. The van der Waals surface area contributed by atoms with E-state index in [1.165, 1.54) is 0 Å². The maximum absolute atomic E-state index is 13.1. The van der Waals surface area contributed by atoms with Gasteiger partial charge >= 0.3 is 0 Å². The molecule has 4 amide bonds. The molecule has 8 nitrogen and oxygen atoms in total. The molecule has 3 aliphatic heterocycles. The predicted molar refractivity (Wildman–Crippen MR) is 95.6 cm³/mol. The maximum Gasteiger partial charge on any atom is 0.262 e. The molecule has 2 saturated heterocycles. The molecule has 1 aromatic rings. The first-order valence-electron chi connectivity index (χ1n) is 9.21. The number of nitrogens with two attached hydrogens (primary N) is 1. The Balaban J connectivity index is 1.64. The summed E-state index contributed by atoms with van der Waals surface area (Å²) in [6, 6.07) is 4.56. The van der Waals surface area contributed by atoms with Crippen molar-refractivity contribution in [1.82, 2.24) is 15.1 Å². The van der Waals surface area contributed by atoms with Crippen LogP contribution >= 0.6 is 0 Å². The van der Waals surface area contributed by atoms with Crippen LogP contribution in [0.2, 0.25) is 0 Å². The fraction of sp³-hybridized carbons (Fsp3) is 0.474. The maximum atomic E-state index is 13.1. The van der Waals surface area contributed by atoms with E-state index in [4.69, 9.17) is 5.73 Å². The van der Waals surface area contributed by atoms with Crippen LogP contribution in [0.1, 0.15) is 52.5 Å². The second-order valence-electron chi connectivity index (χ2n) is 7.45. The lowest BCUT2D eigenvalue weighted by Gasteiger charge is -2.28. The quantitative estimate of drug-likeness (QED) is 0.725. The second kappa shape index (κ2) is 6.54. The normalized spacial score (nSPS) is 28.7. The first-order valence-corrected chi connectivity index (χ1v) is 9.21. The van der Waals surface area contributed by atoms with Gasteiger partial charge in [-0.3, -0.25) is 34.3 Å². The Bertz CT molecular complexity index is 852. The van der Waals surface area contributed by atoms with E-state index in [2.05, 4.69) is 17.1 Å². The monoisotopic (exact) mass is 370 g/mol. The third-order valence-electron chi connectivity index (χ3n) is 5.87. The highest BCUT2D eigenvalue weighted by molar-refractivity contribution is 6.24. The number of hydrogen-bond acceptors (Lipinski definition) is 6. The molecule has 3 N–H and O–H groups in total. The Hall–Kier alpha value is -2.58. The molecule has 0 spiro atoms. The fourth-order valence-corrected chi connectivity index (χ4v) is 4.19. The van der Waals surface area contributed by atoms with E-state index in [0.717, 1.165) is 23.4 Å². The summed E-state index contributed by atoms with van der Waals surface area (Å²) < 4.78 is 0. The van der Waals surface area contributed by atoms with Crippen molar-refractivity contribution >= 4 is 23.6 Å². The molecule has 0 radical (unpaired) electrons. The van der Waals surface area contributed by atoms with Crippen LogP contribution in [0.3, 0.4) is 0 Å². The molecule has 3 unspecified atom stereocenters. The largest absolute Gasteiger partial charge is 0.326 e. The van der Waals surface area contributed by atoms with Crippen molar-refractivity contribution in [3.63, 3.8) is 0 Å². The number of fused-ring (bicyclic) bond motifs is 1. The molecule has 3 atom stereocenters. The van der Waals surface area contributed by atoms with Crippen molar-refractivity contribution < 1.29 is 19.2 Å². The Morgan fingerprint density at radius 3 is 2.59 bits per heavy atom. The molecule has 1 aromatic carbocycles. The van der Waals surface area contributed by atoms with Gasteiger partial charge in [-0.1, -0.05) is 12.1 Å². The van der Waals surface area contributed by atoms with E-state index in [-0.39, 0.29) is 30.8 Å². The Morgan fingerprint density at radius 2 is 1.93 bits per heavy atom. The lowest BCUT2D eigenvalue weighted by Crippen LogP contribution is -2.54. The van der Waals surface area contributed by atoms with E-state index < -0.39 is 23.8 Å². The van der Waals surface area contributed by atoms with Crippen LogP contribution in [0.5, 0.6) is 0 Å². The van der Waals surface area contributed by atoms with Crippen LogP contribution in [0, 0.1) is 0 Å². The number of rotatable bonds is 3. The molecule has 3 heterocycles. The number of piperidine rings is 1. The van der Waals surface area contributed by atoms with Crippen molar-refractivity contribution in [2.45, 2.75) is 50.9 Å². The van der Waals surface area contributed by atoms with Gasteiger partial charge in [0, 0.05) is 31.6 Å². The van der Waals surface area contributed by atoms with E-state index in [1.807, 2.05) is 6.07 Å². The van der Waals surface area contributed by atoms with Gasteiger partial charge in [0.2, 0.25) is 11.8 Å². The van der Waals surface area contributed by atoms with Gasteiger partial charge in [0.15, 0.2) is 0 Å². The fourth-order valence-electron chi connectivity index (χ4n) is 4.19. The van der Waals surface area contributed by atoms with Crippen LogP contribution in [-0.2, 0) is 16.1 Å². The van der Waals surface area contributed by atoms with Crippen molar-refractivity contribution in [2.24, 2.45) is 5.73 Å². The van der Waals surface area contributed by atoms with Crippen molar-refractivity contribution in [3.05, 3.63) is 34.9 Å². The SMILES string of the molecule is CC1C(N)CCN1Cc1cccc2c1C(=O)N(C1CCC(=O)NC1=O)C2=O. The van der Waals surface area contributed by atoms with Crippen LogP contribution in [0.25, 0.3) is 0 Å².